The highest BCUT2D eigenvalue weighted by molar-refractivity contribution is 6.42. The number of halogens is 3. The van der Waals surface area contributed by atoms with E-state index in [-0.39, 0.29) is 5.91 Å². The molecule has 0 atom stereocenters. The van der Waals surface area contributed by atoms with E-state index in [0.29, 0.717) is 38.7 Å². The summed E-state index contributed by atoms with van der Waals surface area (Å²) < 4.78 is 11.2. The standard InChI is InChI=1S/C22H17Cl3N2O3/c1-29-21-11-14(12-26-27-22(28)16-4-6-17(23)7-5-16)3-9-20(21)30-13-15-2-8-18(24)19(25)10-15/h2-12H,13H2,1H3,(H,27,28)/b26-12-. The molecule has 3 aromatic carbocycles. The summed E-state index contributed by atoms with van der Waals surface area (Å²) >= 11 is 17.8. The number of rotatable bonds is 7. The van der Waals surface area contributed by atoms with Gasteiger partial charge in [-0.1, -0.05) is 40.9 Å². The summed E-state index contributed by atoms with van der Waals surface area (Å²) in [6.07, 6.45) is 1.51. The molecule has 30 heavy (non-hydrogen) atoms. The van der Waals surface area contributed by atoms with Crippen molar-refractivity contribution in [2.75, 3.05) is 7.11 Å². The molecule has 0 aliphatic carbocycles. The molecule has 8 heteroatoms. The molecule has 0 bridgehead atoms. The summed E-state index contributed by atoms with van der Waals surface area (Å²) in [6, 6.07) is 17.1. The van der Waals surface area contributed by atoms with E-state index in [4.69, 9.17) is 44.3 Å². The normalized spacial score (nSPS) is 10.8. The lowest BCUT2D eigenvalue weighted by Gasteiger charge is -2.11. The van der Waals surface area contributed by atoms with Gasteiger partial charge in [0.25, 0.3) is 5.91 Å². The molecule has 1 N–H and O–H groups in total. The van der Waals surface area contributed by atoms with Crippen molar-refractivity contribution < 1.29 is 14.3 Å². The Balaban J connectivity index is 1.62. The van der Waals surface area contributed by atoms with Crippen LogP contribution >= 0.6 is 34.8 Å². The van der Waals surface area contributed by atoms with E-state index >= 15 is 0 Å². The van der Waals surface area contributed by atoms with E-state index in [1.165, 1.54) is 6.21 Å². The third-order valence-electron chi connectivity index (χ3n) is 4.05. The Hall–Kier alpha value is -2.73. The zero-order valence-corrected chi connectivity index (χ0v) is 18.1. The van der Waals surface area contributed by atoms with E-state index in [1.807, 2.05) is 6.07 Å². The highest BCUT2D eigenvalue weighted by Crippen LogP contribution is 2.29. The maximum absolute atomic E-state index is 12.1. The molecular formula is C22H17Cl3N2O3. The molecule has 5 nitrogen and oxygen atoms in total. The van der Waals surface area contributed by atoms with Crippen LogP contribution in [0, 0.1) is 0 Å². The van der Waals surface area contributed by atoms with Crippen molar-refractivity contribution >= 4 is 46.9 Å². The fourth-order valence-corrected chi connectivity index (χ4v) is 2.95. The molecular weight excluding hydrogens is 447 g/mol. The number of methoxy groups -OCH3 is 1. The molecule has 0 aromatic heterocycles. The monoisotopic (exact) mass is 462 g/mol. The number of benzene rings is 3. The molecule has 0 fully saturated rings. The Morgan fingerprint density at radius 2 is 1.73 bits per heavy atom. The van der Waals surface area contributed by atoms with Gasteiger partial charge in [-0.15, -0.1) is 0 Å². The molecule has 0 saturated heterocycles. The molecule has 0 spiro atoms. The average molecular weight is 464 g/mol. The van der Waals surface area contributed by atoms with Crippen LogP contribution in [-0.2, 0) is 6.61 Å². The van der Waals surface area contributed by atoms with E-state index in [1.54, 1.807) is 61.7 Å². The van der Waals surface area contributed by atoms with Crippen LogP contribution in [0.3, 0.4) is 0 Å². The van der Waals surface area contributed by atoms with Gasteiger partial charge < -0.3 is 9.47 Å². The molecule has 1 amide bonds. The topological polar surface area (TPSA) is 59.9 Å². The Bertz CT molecular complexity index is 1070. The summed E-state index contributed by atoms with van der Waals surface area (Å²) in [5.41, 5.74) is 4.53. The summed E-state index contributed by atoms with van der Waals surface area (Å²) in [7, 11) is 1.55. The number of hydrazone groups is 1. The number of amides is 1. The molecule has 154 valence electrons. The quantitative estimate of drug-likeness (QED) is 0.345. The van der Waals surface area contributed by atoms with Gasteiger partial charge in [-0.2, -0.15) is 5.10 Å². The Kier molecular flexibility index (Phi) is 7.57. The second kappa shape index (κ2) is 10.3. The molecule has 0 aliphatic heterocycles. The first-order valence-electron chi connectivity index (χ1n) is 8.80. The Labute approximate surface area is 189 Å². The number of ether oxygens (including phenoxy) is 2. The van der Waals surface area contributed by atoms with E-state index in [2.05, 4.69) is 10.5 Å². The smallest absolute Gasteiger partial charge is 0.271 e. The van der Waals surface area contributed by atoms with Crippen molar-refractivity contribution in [3.8, 4) is 11.5 Å². The minimum Gasteiger partial charge on any atom is -0.493 e. The zero-order chi connectivity index (χ0) is 21.5. The molecule has 3 rings (SSSR count). The summed E-state index contributed by atoms with van der Waals surface area (Å²) in [5, 5.41) is 5.49. The molecule has 3 aromatic rings. The fourth-order valence-electron chi connectivity index (χ4n) is 2.51. The fraction of sp³-hybridized carbons (Fsp3) is 0.0909. The minimum absolute atomic E-state index is 0.303. The van der Waals surface area contributed by atoms with Crippen LogP contribution in [0.1, 0.15) is 21.5 Å². The molecule has 0 heterocycles. The average Bonchev–Trinajstić information content (AvgIpc) is 2.75. The first-order valence-corrected chi connectivity index (χ1v) is 9.93. The van der Waals surface area contributed by atoms with Crippen LogP contribution in [-0.4, -0.2) is 19.2 Å². The predicted molar refractivity (Wildman–Crippen MR) is 120 cm³/mol. The lowest BCUT2D eigenvalue weighted by atomic mass is 10.2. The highest BCUT2D eigenvalue weighted by atomic mass is 35.5. The maximum atomic E-state index is 12.1. The van der Waals surface area contributed by atoms with Gasteiger partial charge in [0.2, 0.25) is 0 Å². The lowest BCUT2D eigenvalue weighted by Crippen LogP contribution is -2.17. The maximum Gasteiger partial charge on any atom is 0.271 e. The van der Waals surface area contributed by atoms with Crippen LogP contribution in [0.4, 0.5) is 0 Å². The lowest BCUT2D eigenvalue weighted by molar-refractivity contribution is 0.0955. The van der Waals surface area contributed by atoms with Crippen LogP contribution < -0.4 is 14.9 Å². The largest absolute Gasteiger partial charge is 0.493 e. The predicted octanol–water partition coefficient (Wildman–Crippen LogP) is 6.00. The second-order valence-corrected chi connectivity index (χ2v) is 7.40. The number of nitrogens with zero attached hydrogens (tertiary/aromatic N) is 1. The van der Waals surface area contributed by atoms with Crippen LogP contribution in [0.2, 0.25) is 15.1 Å². The van der Waals surface area contributed by atoms with Crippen molar-refractivity contribution in [1.29, 1.82) is 0 Å². The Morgan fingerprint density at radius 3 is 2.43 bits per heavy atom. The van der Waals surface area contributed by atoms with Gasteiger partial charge in [0.15, 0.2) is 11.5 Å². The third-order valence-corrected chi connectivity index (χ3v) is 5.04. The van der Waals surface area contributed by atoms with Gasteiger partial charge in [0, 0.05) is 10.6 Å². The van der Waals surface area contributed by atoms with E-state index < -0.39 is 0 Å². The van der Waals surface area contributed by atoms with Crippen LogP contribution in [0.25, 0.3) is 0 Å². The van der Waals surface area contributed by atoms with Crippen molar-refractivity contribution in [3.05, 3.63) is 92.4 Å². The van der Waals surface area contributed by atoms with Crippen molar-refractivity contribution in [3.63, 3.8) is 0 Å². The molecule has 0 saturated carbocycles. The first-order chi connectivity index (χ1) is 14.5. The summed E-state index contributed by atoms with van der Waals surface area (Å²) in [4.78, 5) is 12.1. The van der Waals surface area contributed by atoms with Gasteiger partial charge >= 0.3 is 0 Å². The van der Waals surface area contributed by atoms with Gasteiger partial charge in [0.1, 0.15) is 6.61 Å². The molecule has 0 unspecified atom stereocenters. The van der Waals surface area contributed by atoms with Crippen molar-refractivity contribution in [1.82, 2.24) is 5.43 Å². The summed E-state index contributed by atoms with van der Waals surface area (Å²) in [5.74, 6) is 0.755. The van der Waals surface area contributed by atoms with Crippen molar-refractivity contribution in [2.24, 2.45) is 5.10 Å². The number of hydrogen-bond acceptors (Lipinski definition) is 4. The first kappa shape index (κ1) is 22.0. The minimum atomic E-state index is -0.337. The molecule has 0 aliphatic rings. The number of carbonyl (C=O) groups is 1. The van der Waals surface area contributed by atoms with Crippen molar-refractivity contribution in [2.45, 2.75) is 6.61 Å². The van der Waals surface area contributed by atoms with Gasteiger partial charge in [0.05, 0.1) is 23.4 Å². The van der Waals surface area contributed by atoms with Crippen LogP contribution in [0.15, 0.2) is 65.8 Å². The number of nitrogens with one attached hydrogen (secondary N) is 1. The number of hydrogen-bond donors (Lipinski definition) is 1. The third kappa shape index (κ3) is 5.89. The van der Waals surface area contributed by atoms with E-state index in [9.17, 15) is 4.79 Å². The Morgan fingerprint density at radius 1 is 0.967 bits per heavy atom. The highest BCUT2D eigenvalue weighted by Gasteiger charge is 2.07. The van der Waals surface area contributed by atoms with Gasteiger partial charge in [-0.3, -0.25) is 4.79 Å². The van der Waals surface area contributed by atoms with Crippen LogP contribution in [0.5, 0.6) is 11.5 Å². The van der Waals surface area contributed by atoms with E-state index in [0.717, 1.165) is 11.1 Å². The van der Waals surface area contributed by atoms with Gasteiger partial charge in [-0.25, -0.2) is 5.43 Å². The zero-order valence-electron chi connectivity index (χ0n) is 15.9. The number of carbonyl (C=O) groups excluding carboxylic acids is 1. The summed E-state index contributed by atoms with van der Waals surface area (Å²) in [6.45, 7) is 0.303. The SMILES string of the molecule is COc1cc(/C=N\NC(=O)c2ccc(Cl)cc2)ccc1OCc1ccc(Cl)c(Cl)c1. The second-order valence-electron chi connectivity index (χ2n) is 6.15. The van der Waals surface area contributed by atoms with Gasteiger partial charge in [-0.05, 0) is 65.7 Å². The molecule has 0 radical (unpaired) electrons.